The van der Waals surface area contributed by atoms with Crippen LogP contribution in [0.1, 0.15) is 6.92 Å². The number of esters is 1. The Bertz CT molecular complexity index is 256. The fourth-order valence-corrected chi connectivity index (χ4v) is 0.847. The molecular formula is C10H18N3O2+. The van der Waals surface area contributed by atoms with E-state index in [0.717, 1.165) is 6.54 Å². The molecule has 0 saturated heterocycles. The number of likely N-dealkylation sites (N-methyl/N-ethyl adjacent to an activating group) is 1. The highest BCUT2D eigenvalue weighted by Crippen LogP contribution is 1.94. The number of nitriles is 1. The van der Waals surface area contributed by atoms with Crippen molar-refractivity contribution in [3.05, 3.63) is 0 Å². The van der Waals surface area contributed by atoms with Gasteiger partial charge in [0.15, 0.2) is 5.92 Å². The fourth-order valence-electron chi connectivity index (χ4n) is 0.847. The van der Waals surface area contributed by atoms with Crippen LogP contribution >= 0.6 is 0 Å². The summed E-state index contributed by atoms with van der Waals surface area (Å²) in [5.74, 6) is -1.40. The van der Waals surface area contributed by atoms with E-state index in [-0.39, 0.29) is 6.61 Å². The van der Waals surface area contributed by atoms with E-state index in [2.05, 4.69) is 4.99 Å². The van der Waals surface area contributed by atoms with Crippen LogP contribution in [-0.4, -0.2) is 46.0 Å². The van der Waals surface area contributed by atoms with E-state index in [1.54, 1.807) is 6.92 Å². The van der Waals surface area contributed by atoms with Gasteiger partial charge in [0.2, 0.25) is 0 Å². The first-order valence-corrected chi connectivity index (χ1v) is 4.97. The van der Waals surface area contributed by atoms with Gasteiger partial charge >= 0.3 is 5.97 Å². The Balaban J connectivity index is 3.99. The summed E-state index contributed by atoms with van der Waals surface area (Å²) in [6, 6.07) is 1.84. The van der Waals surface area contributed by atoms with Gasteiger partial charge in [-0.15, -0.1) is 0 Å². The molecule has 0 rings (SSSR count). The molecule has 0 aliphatic rings. The number of nitrogens with one attached hydrogen (secondary N) is 1. The van der Waals surface area contributed by atoms with Crippen molar-refractivity contribution in [2.24, 2.45) is 10.9 Å². The first-order valence-electron chi connectivity index (χ1n) is 4.97. The highest BCUT2D eigenvalue weighted by molar-refractivity contribution is 5.92. The summed E-state index contributed by atoms with van der Waals surface area (Å²) in [7, 11) is 4.03. The molecule has 84 valence electrons. The first kappa shape index (κ1) is 13.6. The molecule has 0 aliphatic heterocycles. The smallest absolute Gasteiger partial charge is 0.328 e. The van der Waals surface area contributed by atoms with Gasteiger partial charge in [0.05, 0.1) is 39.9 Å². The Morgan fingerprint density at radius 3 is 2.80 bits per heavy atom. The fraction of sp³-hybridized carbons (Fsp3) is 0.700. The average Bonchev–Trinajstić information content (AvgIpc) is 2.17. The summed E-state index contributed by atoms with van der Waals surface area (Å²) >= 11 is 0. The summed E-state index contributed by atoms with van der Waals surface area (Å²) in [5, 5.41) is 8.68. The molecule has 1 N–H and O–H groups in total. The Morgan fingerprint density at radius 1 is 1.67 bits per heavy atom. The predicted molar refractivity (Wildman–Crippen MR) is 56.8 cm³/mol. The highest BCUT2D eigenvalue weighted by Gasteiger charge is 2.15. The summed E-state index contributed by atoms with van der Waals surface area (Å²) < 4.78 is 4.72. The normalized spacial score (nSPS) is 12.7. The van der Waals surface area contributed by atoms with Crippen LogP contribution in [0.3, 0.4) is 0 Å². The largest absolute Gasteiger partial charge is 0.465 e. The quantitative estimate of drug-likeness (QED) is 0.449. The minimum Gasteiger partial charge on any atom is -0.465 e. The molecule has 0 bridgehead atoms. The van der Waals surface area contributed by atoms with E-state index in [9.17, 15) is 4.79 Å². The second-order valence-corrected chi connectivity index (χ2v) is 3.37. The number of carbonyl (C=O) groups is 1. The van der Waals surface area contributed by atoms with Crippen molar-refractivity contribution in [3.8, 4) is 6.07 Å². The van der Waals surface area contributed by atoms with Crippen LogP contribution in [0.25, 0.3) is 0 Å². The van der Waals surface area contributed by atoms with Gasteiger partial charge in [-0.3, -0.25) is 9.79 Å². The average molecular weight is 212 g/mol. The van der Waals surface area contributed by atoms with Crippen molar-refractivity contribution in [2.45, 2.75) is 6.92 Å². The van der Waals surface area contributed by atoms with Crippen LogP contribution in [0.2, 0.25) is 0 Å². The van der Waals surface area contributed by atoms with E-state index < -0.39 is 11.9 Å². The zero-order valence-corrected chi connectivity index (χ0v) is 9.49. The molecule has 0 aliphatic carbocycles. The summed E-state index contributed by atoms with van der Waals surface area (Å²) in [5.41, 5.74) is 0. The highest BCUT2D eigenvalue weighted by atomic mass is 16.5. The number of rotatable bonds is 6. The molecule has 0 fully saturated rings. The lowest BCUT2D eigenvalue weighted by molar-refractivity contribution is -0.856. The minimum absolute atomic E-state index is 0.284. The van der Waals surface area contributed by atoms with Gasteiger partial charge in [-0.1, -0.05) is 0 Å². The standard InChI is InChI=1S/C10H17N3O2/c1-4-15-10(14)9(7-11)8-12-5-6-13(2)3/h8-9H,4-6H2,1-3H3/p+1/t9-/m0/s1. The third-order valence-corrected chi connectivity index (χ3v) is 1.67. The molecule has 5 heteroatoms. The maximum Gasteiger partial charge on any atom is 0.328 e. The molecule has 0 amide bonds. The topological polar surface area (TPSA) is 66.9 Å². The third kappa shape index (κ3) is 6.63. The van der Waals surface area contributed by atoms with E-state index in [1.807, 2.05) is 20.2 Å². The van der Waals surface area contributed by atoms with Crippen LogP contribution in [-0.2, 0) is 9.53 Å². The maximum atomic E-state index is 11.2. The van der Waals surface area contributed by atoms with Gasteiger partial charge in [-0.2, -0.15) is 5.26 Å². The van der Waals surface area contributed by atoms with Gasteiger partial charge in [0.25, 0.3) is 0 Å². The van der Waals surface area contributed by atoms with E-state index >= 15 is 0 Å². The lowest BCUT2D eigenvalue weighted by atomic mass is 10.2. The van der Waals surface area contributed by atoms with Gasteiger partial charge in [0.1, 0.15) is 0 Å². The summed E-state index contributed by atoms with van der Waals surface area (Å²) in [4.78, 5) is 16.5. The molecule has 0 spiro atoms. The number of hydrogen-bond donors (Lipinski definition) is 1. The lowest BCUT2D eigenvalue weighted by Gasteiger charge is -2.04. The van der Waals surface area contributed by atoms with Gasteiger partial charge in [0, 0.05) is 6.21 Å². The monoisotopic (exact) mass is 212 g/mol. The van der Waals surface area contributed by atoms with Crippen molar-refractivity contribution >= 4 is 12.2 Å². The number of aliphatic imine (C=N–C) groups is 1. The Labute approximate surface area is 90.3 Å². The van der Waals surface area contributed by atoms with E-state index in [1.165, 1.54) is 11.1 Å². The van der Waals surface area contributed by atoms with Crippen LogP contribution in [0, 0.1) is 17.2 Å². The first-order chi connectivity index (χ1) is 7.11. The number of hydrogen-bond acceptors (Lipinski definition) is 4. The van der Waals surface area contributed by atoms with Crippen LogP contribution in [0.15, 0.2) is 4.99 Å². The molecule has 0 heterocycles. The van der Waals surface area contributed by atoms with Crippen molar-refractivity contribution < 1.29 is 14.4 Å². The molecule has 0 unspecified atom stereocenters. The number of quaternary nitrogens is 1. The zero-order chi connectivity index (χ0) is 11.7. The molecule has 0 aromatic rings. The van der Waals surface area contributed by atoms with Crippen molar-refractivity contribution in [2.75, 3.05) is 33.8 Å². The second-order valence-electron chi connectivity index (χ2n) is 3.37. The Hall–Kier alpha value is -1.41. The predicted octanol–water partition coefficient (Wildman–Crippen LogP) is -1.10. The molecule has 15 heavy (non-hydrogen) atoms. The van der Waals surface area contributed by atoms with Crippen molar-refractivity contribution in [1.29, 1.82) is 5.26 Å². The molecular weight excluding hydrogens is 194 g/mol. The summed E-state index contributed by atoms with van der Waals surface area (Å²) in [6.45, 7) is 3.48. The van der Waals surface area contributed by atoms with Gasteiger partial charge in [-0.25, -0.2) is 0 Å². The second kappa shape index (κ2) is 7.94. The molecule has 0 radical (unpaired) electrons. The maximum absolute atomic E-state index is 11.2. The SMILES string of the molecule is CCOC(=O)[C@@H](C#N)C=NCC[NH+](C)C. The molecule has 0 saturated carbocycles. The number of nitrogens with zero attached hydrogens (tertiary/aromatic N) is 2. The van der Waals surface area contributed by atoms with E-state index in [4.69, 9.17) is 10.00 Å². The third-order valence-electron chi connectivity index (χ3n) is 1.67. The van der Waals surface area contributed by atoms with Crippen molar-refractivity contribution in [1.82, 2.24) is 0 Å². The number of carbonyl (C=O) groups excluding carboxylic acids is 1. The number of ether oxygens (including phenoxy) is 1. The Morgan fingerprint density at radius 2 is 2.33 bits per heavy atom. The Kier molecular flexibility index (Phi) is 7.20. The van der Waals surface area contributed by atoms with Crippen molar-refractivity contribution in [3.63, 3.8) is 0 Å². The molecule has 0 aromatic carbocycles. The zero-order valence-electron chi connectivity index (χ0n) is 9.49. The minimum atomic E-state index is -0.873. The van der Waals surface area contributed by atoms with Crippen LogP contribution in [0.5, 0.6) is 0 Å². The van der Waals surface area contributed by atoms with Gasteiger partial charge < -0.3 is 9.64 Å². The molecule has 5 nitrogen and oxygen atoms in total. The van der Waals surface area contributed by atoms with Gasteiger partial charge in [-0.05, 0) is 6.92 Å². The lowest BCUT2D eigenvalue weighted by Crippen LogP contribution is -3.06. The summed E-state index contributed by atoms with van der Waals surface area (Å²) in [6.07, 6.45) is 1.36. The van der Waals surface area contributed by atoms with Crippen LogP contribution < -0.4 is 4.90 Å². The van der Waals surface area contributed by atoms with E-state index in [0.29, 0.717) is 6.54 Å². The van der Waals surface area contributed by atoms with Crippen LogP contribution in [0.4, 0.5) is 0 Å². The molecule has 0 aromatic heterocycles. The molecule has 1 atom stereocenters.